The molecule has 1 aromatic heterocycles. The SMILES string of the molecule is CCOc1ccc(NC(=O)Cn2cc(C(=O)c3ccc(CC)cc3)c(=O)c3ccccc32)cc1. The number of ketones is 1. The minimum Gasteiger partial charge on any atom is -0.494 e. The molecule has 0 atom stereocenters. The maximum Gasteiger partial charge on any atom is 0.244 e. The summed E-state index contributed by atoms with van der Waals surface area (Å²) < 4.78 is 7.07. The third-order valence-electron chi connectivity index (χ3n) is 5.62. The number of nitrogens with zero attached hydrogens (tertiary/aromatic N) is 1. The van der Waals surface area contributed by atoms with Crippen LogP contribution in [-0.2, 0) is 17.8 Å². The van der Waals surface area contributed by atoms with Crippen molar-refractivity contribution in [1.29, 1.82) is 0 Å². The van der Waals surface area contributed by atoms with Gasteiger partial charge in [0, 0.05) is 22.8 Å². The molecule has 4 rings (SSSR count). The summed E-state index contributed by atoms with van der Waals surface area (Å²) in [6.07, 6.45) is 2.35. The van der Waals surface area contributed by atoms with E-state index in [-0.39, 0.29) is 29.2 Å². The maximum atomic E-state index is 13.2. The molecule has 1 amide bonds. The number of amides is 1. The van der Waals surface area contributed by atoms with Crippen LogP contribution >= 0.6 is 0 Å². The van der Waals surface area contributed by atoms with Crippen LogP contribution in [0.2, 0.25) is 0 Å². The van der Waals surface area contributed by atoms with Crippen LogP contribution < -0.4 is 15.5 Å². The molecule has 0 aliphatic heterocycles. The van der Waals surface area contributed by atoms with E-state index in [1.54, 1.807) is 65.2 Å². The smallest absolute Gasteiger partial charge is 0.244 e. The third-order valence-corrected chi connectivity index (χ3v) is 5.62. The number of carbonyl (C=O) groups is 2. The molecular weight excluding hydrogens is 428 g/mol. The Morgan fingerprint density at radius 2 is 1.62 bits per heavy atom. The Morgan fingerprint density at radius 3 is 2.29 bits per heavy atom. The molecular formula is C28H26N2O4. The number of hydrogen-bond donors (Lipinski definition) is 1. The van der Waals surface area contributed by atoms with Crippen molar-refractivity contribution in [2.24, 2.45) is 0 Å². The van der Waals surface area contributed by atoms with Crippen molar-refractivity contribution in [3.63, 3.8) is 0 Å². The van der Waals surface area contributed by atoms with Crippen molar-refractivity contribution in [3.8, 4) is 5.75 Å². The standard InChI is InChI=1S/C28H26N2O4/c1-3-19-9-11-20(12-10-19)27(32)24-17-30(25-8-6-5-7-23(25)28(24)33)18-26(31)29-21-13-15-22(16-14-21)34-4-2/h5-17H,3-4,18H2,1-2H3,(H,29,31). The Bertz CT molecular complexity index is 1390. The van der Waals surface area contributed by atoms with Crippen molar-refractivity contribution in [1.82, 2.24) is 4.57 Å². The predicted octanol–water partition coefficient (Wildman–Crippen LogP) is 4.83. The Kier molecular flexibility index (Phi) is 6.87. The van der Waals surface area contributed by atoms with Crippen LogP contribution in [0.4, 0.5) is 5.69 Å². The van der Waals surface area contributed by atoms with Crippen molar-refractivity contribution < 1.29 is 14.3 Å². The summed E-state index contributed by atoms with van der Waals surface area (Å²) in [4.78, 5) is 39.1. The Morgan fingerprint density at radius 1 is 0.912 bits per heavy atom. The van der Waals surface area contributed by atoms with Gasteiger partial charge in [0.2, 0.25) is 11.3 Å². The summed E-state index contributed by atoms with van der Waals surface area (Å²) in [6, 6.07) is 21.3. The van der Waals surface area contributed by atoms with Crippen molar-refractivity contribution >= 4 is 28.3 Å². The fourth-order valence-electron chi connectivity index (χ4n) is 3.84. The zero-order valence-corrected chi connectivity index (χ0v) is 19.2. The summed E-state index contributed by atoms with van der Waals surface area (Å²) in [6.45, 7) is 4.46. The summed E-state index contributed by atoms with van der Waals surface area (Å²) in [7, 11) is 0. The van der Waals surface area contributed by atoms with Crippen LogP contribution in [0, 0.1) is 0 Å². The molecule has 34 heavy (non-hydrogen) atoms. The number of hydrogen-bond acceptors (Lipinski definition) is 4. The molecule has 0 radical (unpaired) electrons. The van der Waals surface area contributed by atoms with Gasteiger partial charge in [-0.25, -0.2) is 0 Å². The molecule has 0 aliphatic carbocycles. The first-order valence-corrected chi connectivity index (χ1v) is 11.3. The fourth-order valence-corrected chi connectivity index (χ4v) is 3.84. The lowest BCUT2D eigenvalue weighted by Gasteiger charge is -2.14. The number of fused-ring (bicyclic) bond motifs is 1. The van der Waals surface area contributed by atoms with Crippen LogP contribution in [0.1, 0.15) is 35.3 Å². The van der Waals surface area contributed by atoms with Gasteiger partial charge in [0.25, 0.3) is 0 Å². The van der Waals surface area contributed by atoms with Gasteiger partial charge >= 0.3 is 0 Å². The van der Waals surface area contributed by atoms with E-state index in [2.05, 4.69) is 5.32 Å². The average molecular weight is 455 g/mol. The lowest BCUT2D eigenvalue weighted by molar-refractivity contribution is -0.116. The number of para-hydroxylation sites is 1. The molecule has 6 heteroatoms. The maximum absolute atomic E-state index is 13.2. The number of benzene rings is 3. The van der Waals surface area contributed by atoms with Gasteiger partial charge in [-0.05, 0) is 55.3 Å². The summed E-state index contributed by atoms with van der Waals surface area (Å²) in [5, 5.41) is 3.25. The van der Waals surface area contributed by atoms with Crippen molar-refractivity contribution in [3.05, 3.63) is 106 Å². The molecule has 4 aromatic rings. The summed E-state index contributed by atoms with van der Waals surface area (Å²) in [5.74, 6) is 0.0877. The van der Waals surface area contributed by atoms with Crippen LogP contribution in [0.5, 0.6) is 5.75 Å². The van der Waals surface area contributed by atoms with E-state index in [0.29, 0.717) is 28.8 Å². The van der Waals surface area contributed by atoms with E-state index in [0.717, 1.165) is 17.7 Å². The monoisotopic (exact) mass is 454 g/mol. The Hall–Kier alpha value is -4.19. The van der Waals surface area contributed by atoms with Crippen LogP contribution in [0.25, 0.3) is 10.9 Å². The Balaban J connectivity index is 1.65. The fraction of sp³-hybridized carbons (Fsp3) is 0.179. The minimum absolute atomic E-state index is 0.0387. The molecule has 0 unspecified atom stereocenters. The molecule has 0 bridgehead atoms. The van der Waals surface area contributed by atoms with Gasteiger partial charge in [0.05, 0.1) is 17.7 Å². The first-order chi connectivity index (χ1) is 16.5. The molecule has 172 valence electrons. The molecule has 3 aromatic carbocycles. The highest BCUT2D eigenvalue weighted by molar-refractivity contribution is 6.10. The van der Waals surface area contributed by atoms with Crippen LogP contribution in [-0.4, -0.2) is 22.9 Å². The molecule has 6 nitrogen and oxygen atoms in total. The highest BCUT2D eigenvalue weighted by atomic mass is 16.5. The number of ether oxygens (including phenoxy) is 1. The van der Waals surface area contributed by atoms with Crippen LogP contribution in [0.3, 0.4) is 0 Å². The van der Waals surface area contributed by atoms with E-state index >= 15 is 0 Å². The number of anilines is 1. The quantitative estimate of drug-likeness (QED) is 0.387. The number of pyridine rings is 1. The zero-order chi connectivity index (χ0) is 24.1. The molecule has 1 heterocycles. The van der Waals surface area contributed by atoms with E-state index in [9.17, 15) is 14.4 Å². The van der Waals surface area contributed by atoms with Crippen LogP contribution in [0.15, 0.2) is 83.8 Å². The van der Waals surface area contributed by atoms with Gasteiger partial charge in [-0.2, -0.15) is 0 Å². The second-order valence-electron chi connectivity index (χ2n) is 7.90. The predicted molar refractivity (Wildman–Crippen MR) is 134 cm³/mol. The van der Waals surface area contributed by atoms with Crippen molar-refractivity contribution in [2.75, 3.05) is 11.9 Å². The molecule has 0 saturated carbocycles. The van der Waals surface area contributed by atoms with Gasteiger partial charge < -0.3 is 14.6 Å². The van der Waals surface area contributed by atoms with E-state index in [1.165, 1.54) is 6.20 Å². The van der Waals surface area contributed by atoms with Crippen molar-refractivity contribution in [2.45, 2.75) is 26.8 Å². The third kappa shape index (κ3) is 4.91. The van der Waals surface area contributed by atoms with Gasteiger partial charge in [0.1, 0.15) is 12.3 Å². The minimum atomic E-state index is -0.362. The highest BCUT2D eigenvalue weighted by Gasteiger charge is 2.18. The van der Waals surface area contributed by atoms with Gasteiger partial charge in [-0.3, -0.25) is 14.4 Å². The average Bonchev–Trinajstić information content (AvgIpc) is 2.87. The molecule has 0 saturated heterocycles. The normalized spacial score (nSPS) is 10.8. The summed E-state index contributed by atoms with van der Waals surface area (Å²) in [5.41, 5.74) is 2.46. The number of nitrogens with one attached hydrogen (secondary N) is 1. The number of rotatable bonds is 8. The lowest BCUT2D eigenvalue weighted by Crippen LogP contribution is -2.24. The largest absolute Gasteiger partial charge is 0.494 e. The second-order valence-corrected chi connectivity index (χ2v) is 7.90. The molecule has 0 fully saturated rings. The number of aromatic nitrogens is 1. The molecule has 0 aliphatic rings. The zero-order valence-electron chi connectivity index (χ0n) is 19.2. The number of aryl methyl sites for hydroxylation is 1. The Labute approximate surface area is 197 Å². The molecule has 0 spiro atoms. The lowest BCUT2D eigenvalue weighted by atomic mass is 10.0. The van der Waals surface area contributed by atoms with E-state index < -0.39 is 0 Å². The first kappa shape index (κ1) is 23.0. The van der Waals surface area contributed by atoms with E-state index in [4.69, 9.17) is 4.74 Å². The highest BCUT2D eigenvalue weighted by Crippen LogP contribution is 2.18. The van der Waals surface area contributed by atoms with Gasteiger partial charge in [0.15, 0.2) is 5.78 Å². The van der Waals surface area contributed by atoms with Gasteiger partial charge in [-0.15, -0.1) is 0 Å². The number of carbonyl (C=O) groups excluding carboxylic acids is 2. The molecule has 1 N–H and O–H groups in total. The summed E-state index contributed by atoms with van der Waals surface area (Å²) >= 11 is 0. The topological polar surface area (TPSA) is 77.4 Å². The van der Waals surface area contributed by atoms with Gasteiger partial charge in [-0.1, -0.05) is 43.3 Å². The van der Waals surface area contributed by atoms with E-state index in [1.807, 2.05) is 26.0 Å². The second kappa shape index (κ2) is 10.2. The first-order valence-electron chi connectivity index (χ1n) is 11.3.